The van der Waals surface area contributed by atoms with Crippen LogP contribution >= 0.6 is 0 Å². The van der Waals surface area contributed by atoms with Gasteiger partial charge in [-0.25, -0.2) is 0 Å². The van der Waals surface area contributed by atoms with Crippen molar-refractivity contribution >= 4 is 11.8 Å². The van der Waals surface area contributed by atoms with E-state index in [2.05, 4.69) is 9.64 Å². The monoisotopic (exact) mass is 185 g/mol. The summed E-state index contributed by atoms with van der Waals surface area (Å²) in [5, 5.41) is 0. The fraction of sp³-hybridized carbons (Fsp3) is 0.778. The number of carbonyl (C=O) groups excluding carboxylic acids is 2. The van der Waals surface area contributed by atoms with Crippen LogP contribution in [0.25, 0.3) is 0 Å². The predicted octanol–water partition coefficient (Wildman–Crippen LogP) is 0.0703. The molecule has 0 aromatic carbocycles. The maximum Gasteiger partial charge on any atom is 0.317 e. The summed E-state index contributed by atoms with van der Waals surface area (Å²) in [5.41, 5.74) is 0. The van der Waals surface area contributed by atoms with Gasteiger partial charge in [-0.3, -0.25) is 9.59 Å². The number of methoxy groups -OCH3 is 1. The van der Waals surface area contributed by atoms with Crippen LogP contribution in [-0.2, 0) is 14.3 Å². The number of esters is 1. The molecule has 0 N–H and O–H groups in total. The molecule has 0 spiro atoms. The number of rotatable bonds is 2. The highest BCUT2D eigenvalue weighted by atomic mass is 16.5. The van der Waals surface area contributed by atoms with Crippen molar-refractivity contribution in [2.75, 3.05) is 26.7 Å². The zero-order valence-electron chi connectivity index (χ0n) is 8.08. The number of nitrogens with zero attached hydrogens (tertiary/aromatic N) is 1. The van der Waals surface area contributed by atoms with Crippen LogP contribution < -0.4 is 0 Å². The highest BCUT2D eigenvalue weighted by Crippen LogP contribution is 2.13. The summed E-state index contributed by atoms with van der Waals surface area (Å²) in [6.45, 7) is 4.18. The van der Waals surface area contributed by atoms with E-state index in [9.17, 15) is 9.59 Å². The van der Waals surface area contributed by atoms with E-state index in [1.165, 1.54) is 7.11 Å². The minimum absolute atomic E-state index is 0.0107. The number of ether oxygens (including phenoxy) is 1. The Morgan fingerprint density at radius 3 is 2.92 bits per heavy atom. The van der Waals surface area contributed by atoms with Crippen LogP contribution in [0.5, 0.6) is 0 Å². The maximum atomic E-state index is 11.3. The predicted molar refractivity (Wildman–Crippen MR) is 47.2 cm³/mol. The topological polar surface area (TPSA) is 46.6 Å². The van der Waals surface area contributed by atoms with Crippen molar-refractivity contribution < 1.29 is 14.3 Å². The molecule has 1 rings (SSSR count). The summed E-state index contributed by atoms with van der Waals surface area (Å²) in [4.78, 5) is 24.6. The average Bonchev–Trinajstić information content (AvgIpc) is 2.17. The van der Waals surface area contributed by atoms with E-state index in [4.69, 9.17) is 0 Å². The summed E-state index contributed by atoms with van der Waals surface area (Å²) in [7, 11) is 1.32. The fourth-order valence-electron chi connectivity index (χ4n) is 1.53. The van der Waals surface area contributed by atoms with Gasteiger partial charge in [0.25, 0.3) is 0 Å². The standard InChI is InChI=1S/C9H15NO3/c1-3-10-5-4-8(11)7(6-10)9(12)13-2/h7H,3-6H2,1-2H3/t7-/m1/s1. The molecule has 1 aliphatic heterocycles. The van der Waals surface area contributed by atoms with E-state index < -0.39 is 11.9 Å². The van der Waals surface area contributed by atoms with Crippen LogP contribution in [0.3, 0.4) is 0 Å². The Morgan fingerprint density at radius 1 is 1.69 bits per heavy atom. The van der Waals surface area contributed by atoms with E-state index in [0.717, 1.165) is 13.1 Å². The zero-order valence-corrected chi connectivity index (χ0v) is 8.08. The summed E-state index contributed by atoms with van der Waals surface area (Å²) < 4.78 is 4.57. The molecule has 13 heavy (non-hydrogen) atoms. The number of likely N-dealkylation sites (tertiary alicyclic amines) is 1. The van der Waals surface area contributed by atoms with Crippen LogP contribution in [0.1, 0.15) is 13.3 Å². The van der Waals surface area contributed by atoms with Crippen molar-refractivity contribution in [3.63, 3.8) is 0 Å². The van der Waals surface area contributed by atoms with E-state index in [0.29, 0.717) is 13.0 Å². The van der Waals surface area contributed by atoms with Gasteiger partial charge in [0.05, 0.1) is 7.11 Å². The molecule has 0 saturated carbocycles. The van der Waals surface area contributed by atoms with E-state index in [1.807, 2.05) is 6.92 Å². The number of piperidine rings is 1. The summed E-state index contributed by atoms with van der Waals surface area (Å²) in [5.74, 6) is -0.946. The molecule has 0 unspecified atom stereocenters. The third kappa shape index (κ3) is 2.28. The number of ketones is 1. The van der Waals surface area contributed by atoms with Crippen molar-refractivity contribution in [1.29, 1.82) is 0 Å². The van der Waals surface area contributed by atoms with Gasteiger partial charge in [0.1, 0.15) is 11.7 Å². The van der Waals surface area contributed by atoms with Gasteiger partial charge < -0.3 is 9.64 Å². The summed E-state index contributed by atoms with van der Waals surface area (Å²) in [6, 6.07) is 0. The SMILES string of the molecule is CCN1CCC(=O)[C@H](C(=O)OC)C1. The third-order valence-electron chi connectivity index (χ3n) is 2.44. The Morgan fingerprint density at radius 2 is 2.38 bits per heavy atom. The Hall–Kier alpha value is -0.900. The van der Waals surface area contributed by atoms with E-state index in [1.54, 1.807) is 0 Å². The fourth-order valence-corrected chi connectivity index (χ4v) is 1.53. The number of carbonyl (C=O) groups is 2. The van der Waals surface area contributed by atoms with Gasteiger partial charge in [-0.2, -0.15) is 0 Å². The second-order valence-electron chi connectivity index (χ2n) is 3.19. The Kier molecular flexibility index (Phi) is 3.42. The lowest BCUT2D eigenvalue weighted by Gasteiger charge is -2.28. The Balaban J connectivity index is 2.59. The molecular weight excluding hydrogens is 170 g/mol. The molecule has 1 fully saturated rings. The number of hydrogen-bond donors (Lipinski definition) is 0. The summed E-state index contributed by atoms with van der Waals surface area (Å²) >= 11 is 0. The summed E-state index contributed by atoms with van der Waals surface area (Å²) in [6.07, 6.45) is 0.466. The zero-order chi connectivity index (χ0) is 9.84. The molecule has 4 heteroatoms. The average molecular weight is 185 g/mol. The third-order valence-corrected chi connectivity index (χ3v) is 2.44. The lowest BCUT2D eigenvalue weighted by molar-refractivity contribution is -0.151. The van der Waals surface area contributed by atoms with Gasteiger partial charge in [-0.05, 0) is 6.54 Å². The lowest BCUT2D eigenvalue weighted by atomic mass is 9.97. The molecule has 0 aromatic heterocycles. The first-order chi connectivity index (χ1) is 6.19. The number of Topliss-reactive ketones (excluding diaryl/α,β-unsaturated/α-hetero) is 1. The van der Waals surface area contributed by atoms with Crippen molar-refractivity contribution in [2.45, 2.75) is 13.3 Å². The van der Waals surface area contributed by atoms with Crippen molar-refractivity contribution in [1.82, 2.24) is 4.90 Å². The smallest absolute Gasteiger partial charge is 0.317 e. The Bertz CT molecular complexity index is 207. The highest BCUT2D eigenvalue weighted by molar-refractivity contribution is 5.99. The van der Waals surface area contributed by atoms with Gasteiger partial charge in [-0.15, -0.1) is 0 Å². The van der Waals surface area contributed by atoms with Crippen LogP contribution in [0.2, 0.25) is 0 Å². The van der Waals surface area contributed by atoms with Crippen molar-refractivity contribution in [2.24, 2.45) is 5.92 Å². The number of hydrogen-bond acceptors (Lipinski definition) is 4. The molecule has 1 atom stereocenters. The first-order valence-corrected chi connectivity index (χ1v) is 4.52. The largest absolute Gasteiger partial charge is 0.468 e. The van der Waals surface area contributed by atoms with Crippen LogP contribution in [-0.4, -0.2) is 43.4 Å². The first kappa shape index (κ1) is 10.2. The molecular formula is C9H15NO3. The molecule has 74 valence electrons. The Labute approximate surface area is 77.8 Å². The minimum atomic E-state index is -0.557. The van der Waals surface area contributed by atoms with Gasteiger partial charge in [0, 0.05) is 19.5 Å². The van der Waals surface area contributed by atoms with Crippen LogP contribution in [0.4, 0.5) is 0 Å². The van der Waals surface area contributed by atoms with Crippen LogP contribution in [0.15, 0.2) is 0 Å². The molecule has 4 nitrogen and oxygen atoms in total. The minimum Gasteiger partial charge on any atom is -0.468 e. The molecule has 0 aromatic rings. The van der Waals surface area contributed by atoms with Crippen LogP contribution in [0, 0.1) is 5.92 Å². The van der Waals surface area contributed by atoms with Gasteiger partial charge >= 0.3 is 5.97 Å². The maximum absolute atomic E-state index is 11.3. The van der Waals surface area contributed by atoms with Gasteiger partial charge in [0.2, 0.25) is 0 Å². The lowest BCUT2D eigenvalue weighted by Crippen LogP contribution is -2.44. The second kappa shape index (κ2) is 4.37. The molecule has 1 saturated heterocycles. The molecule has 0 radical (unpaired) electrons. The molecule has 0 bridgehead atoms. The quantitative estimate of drug-likeness (QED) is 0.451. The van der Waals surface area contributed by atoms with Gasteiger partial charge in [0.15, 0.2) is 0 Å². The van der Waals surface area contributed by atoms with Crippen molar-refractivity contribution in [3.8, 4) is 0 Å². The highest BCUT2D eigenvalue weighted by Gasteiger charge is 2.32. The molecule has 0 amide bonds. The normalized spacial score (nSPS) is 24.5. The van der Waals surface area contributed by atoms with E-state index in [-0.39, 0.29) is 5.78 Å². The second-order valence-corrected chi connectivity index (χ2v) is 3.19. The first-order valence-electron chi connectivity index (χ1n) is 4.52. The van der Waals surface area contributed by atoms with Crippen molar-refractivity contribution in [3.05, 3.63) is 0 Å². The molecule has 0 aliphatic carbocycles. The molecule has 1 heterocycles. The van der Waals surface area contributed by atoms with Gasteiger partial charge in [-0.1, -0.05) is 6.92 Å². The molecule has 1 aliphatic rings. The van der Waals surface area contributed by atoms with E-state index >= 15 is 0 Å².